The molecule has 0 spiro atoms. The Balaban J connectivity index is 2.35. The minimum Gasteiger partial charge on any atom is -0.496 e. The lowest BCUT2D eigenvalue weighted by atomic mass is 10.1. The molecule has 2 rings (SSSR count). The fourth-order valence-electron chi connectivity index (χ4n) is 1.67. The van der Waals surface area contributed by atoms with Gasteiger partial charge in [0.1, 0.15) is 17.3 Å². The summed E-state index contributed by atoms with van der Waals surface area (Å²) in [6.07, 6.45) is 1.24. The van der Waals surface area contributed by atoms with E-state index < -0.39 is 12.0 Å². The Kier molecular flexibility index (Phi) is 3.29. The second-order valence-corrected chi connectivity index (χ2v) is 3.71. The zero-order chi connectivity index (χ0) is 13.1. The van der Waals surface area contributed by atoms with Crippen LogP contribution in [0.1, 0.15) is 27.9 Å². The average Bonchev–Trinajstić information content (AvgIpc) is 2.87. The highest BCUT2D eigenvalue weighted by Crippen LogP contribution is 2.26. The summed E-state index contributed by atoms with van der Waals surface area (Å²) in [4.78, 5) is 17.4. The van der Waals surface area contributed by atoms with E-state index in [1.807, 2.05) is 18.2 Å². The van der Waals surface area contributed by atoms with Crippen LogP contribution in [0.5, 0.6) is 5.75 Å². The summed E-state index contributed by atoms with van der Waals surface area (Å²) >= 11 is 0. The molecule has 94 valence electrons. The zero-order valence-electron chi connectivity index (χ0n) is 9.75. The Bertz CT molecular complexity index is 565. The van der Waals surface area contributed by atoms with Crippen molar-refractivity contribution in [2.45, 2.75) is 6.04 Å². The predicted octanol–water partition coefficient (Wildman–Crippen LogP) is 1.16. The smallest absolute Gasteiger partial charge is 0.353 e. The number of carbonyl (C=O) groups is 1. The SMILES string of the molecule is COc1ccccc1C(N)c1ncc(C(=O)O)[nH]1. The molecule has 6 nitrogen and oxygen atoms in total. The second kappa shape index (κ2) is 4.89. The number of nitrogens with one attached hydrogen (secondary N) is 1. The molecule has 4 N–H and O–H groups in total. The molecule has 0 amide bonds. The third-order valence-corrected chi connectivity index (χ3v) is 2.59. The van der Waals surface area contributed by atoms with E-state index in [0.717, 1.165) is 5.56 Å². The number of imidazole rings is 1. The molecule has 18 heavy (non-hydrogen) atoms. The van der Waals surface area contributed by atoms with E-state index in [0.29, 0.717) is 11.6 Å². The molecule has 0 radical (unpaired) electrons. The van der Waals surface area contributed by atoms with Crippen molar-refractivity contribution in [1.82, 2.24) is 9.97 Å². The van der Waals surface area contributed by atoms with Crippen molar-refractivity contribution in [2.24, 2.45) is 5.73 Å². The molecule has 1 atom stereocenters. The normalized spacial score (nSPS) is 12.1. The summed E-state index contributed by atoms with van der Waals surface area (Å²) in [6.45, 7) is 0. The maximum absolute atomic E-state index is 10.8. The van der Waals surface area contributed by atoms with E-state index in [1.165, 1.54) is 6.20 Å². The van der Waals surface area contributed by atoms with Crippen LogP contribution in [0.15, 0.2) is 30.5 Å². The third-order valence-electron chi connectivity index (χ3n) is 2.59. The van der Waals surface area contributed by atoms with Crippen LogP contribution in [0.2, 0.25) is 0 Å². The Hall–Kier alpha value is -2.34. The molecular formula is C12H13N3O3. The number of nitrogens with two attached hydrogens (primary N) is 1. The van der Waals surface area contributed by atoms with Crippen molar-refractivity contribution < 1.29 is 14.6 Å². The highest BCUT2D eigenvalue weighted by Gasteiger charge is 2.18. The molecule has 1 heterocycles. The number of benzene rings is 1. The van der Waals surface area contributed by atoms with Gasteiger partial charge < -0.3 is 20.6 Å². The lowest BCUT2D eigenvalue weighted by molar-refractivity contribution is 0.0691. The van der Waals surface area contributed by atoms with Crippen LogP contribution >= 0.6 is 0 Å². The van der Waals surface area contributed by atoms with E-state index in [2.05, 4.69) is 9.97 Å². The molecule has 0 bridgehead atoms. The molecule has 1 aromatic heterocycles. The van der Waals surface area contributed by atoms with Gasteiger partial charge in [-0.3, -0.25) is 0 Å². The topological polar surface area (TPSA) is 101 Å². The van der Waals surface area contributed by atoms with Gasteiger partial charge in [-0.1, -0.05) is 18.2 Å². The fraction of sp³-hybridized carbons (Fsp3) is 0.167. The number of methoxy groups -OCH3 is 1. The first-order valence-electron chi connectivity index (χ1n) is 5.30. The first-order valence-corrected chi connectivity index (χ1v) is 5.30. The Morgan fingerprint density at radius 2 is 2.22 bits per heavy atom. The number of H-pyrrole nitrogens is 1. The van der Waals surface area contributed by atoms with E-state index in [9.17, 15) is 4.79 Å². The quantitative estimate of drug-likeness (QED) is 0.752. The summed E-state index contributed by atoms with van der Waals surface area (Å²) < 4.78 is 5.20. The van der Waals surface area contributed by atoms with Gasteiger partial charge in [-0.25, -0.2) is 9.78 Å². The van der Waals surface area contributed by atoms with Gasteiger partial charge in [0, 0.05) is 5.56 Å². The fourth-order valence-corrected chi connectivity index (χ4v) is 1.67. The van der Waals surface area contributed by atoms with Gasteiger partial charge in [-0.2, -0.15) is 0 Å². The van der Waals surface area contributed by atoms with Crippen molar-refractivity contribution in [3.05, 3.63) is 47.5 Å². The van der Waals surface area contributed by atoms with E-state index >= 15 is 0 Å². The first-order chi connectivity index (χ1) is 8.63. The number of aromatic nitrogens is 2. The number of aromatic carboxylic acids is 1. The van der Waals surface area contributed by atoms with Gasteiger partial charge in [-0.15, -0.1) is 0 Å². The molecule has 0 aliphatic heterocycles. The molecule has 0 fully saturated rings. The molecule has 0 saturated heterocycles. The first kappa shape index (κ1) is 12.1. The molecular weight excluding hydrogens is 234 g/mol. The van der Waals surface area contributed by atoms with Crippen LogP contribution in [-0.4, -0.2) is 28.2 Å². The van der Waals surface area contributed by atoms with Crippen molar-refractivity contribution in [3.8, 4) is 5.75 Å². The highest BCUT2D eigenvalue weighted by atomic mass is 16.5. The number of hydrogen-bond donors (Lipinski definition) is 3. The van der Waals surface area contributed by atoms with E-state index in [-0.39, 0.29) is 5.69 Å². The van der Waals surface area contributed by atoms with Crippen LogP contribution in [-0.2, 0) is 0 Å². The van der Waals surface area contributed by atoms with Crippen LogP contribution in [0.3, 0.4) is 0 Å². The van der Waals surface area contributed by atoms with Crippen molar-refractivity contribution in [2.75, 3.05) is 7.11 Å². The van der Waals surface area contributed by atoms with Crippen molar-refractivity contribution >= 4 is 5.97 Å². The number of aromatic amines is 1. The summed E-state index contributed by atoms with van der Waals surface area (Å²) in [5.41, 5.74) is 6.79. The number of para-hydroxylation sites is 1. The largest absolute Gasteiger partial charge is 0.496 e. The summed E-state index contributed by atoms with van der Waals surface area (Å²) in [7, 11) is 1.55. The van der Waals surface area contributed by atoms with Crippen LogP contribution < -0.4 is 10.5 Å². The molecule has 6 heteroatoms. The summed E-state index contributed by atoms with van der Waals surface area (Å²) in [5, 5.41) is 8.81. The van der Waals surface area contributed by atoms with E-state index in [4.69, 9.17) is 15.6 Å². The predicted molar refractivity (Wildman–Crippen MR) is 64.6 cm³/mol. The van der Waals surface area contributed by atoms with Gasteiger partial charge in [0.2, 0.25) is 0 Å². The second-order valence-electron chi connectivity index (χ2n) is 3.71. The molecule has 0 saturated carbocycles. The van der Waals surface area contributed by atoms with Gasteiger partial charge in [0.25, 0.3) is 0 Å². The Labute approximate surface area is 103 Å². The maximum Gasteiger partial charge on any atom is 0.353 e. The van der Waals surface area contributed by atoms with Gasteiger partial charge in [0.05, 0.1) is 19.3 Å². The number of nitrogens with zero attached hydrogens (tertiary/aromatic N) is 1. The molecule has 1 unspecified atom stereocenters. The monoisotopic (exact) mass is 247 g/mol. The van der Waals surface area contributed by atoms with Crippen molar-refractivity contribution in [3.63, 3.8) is 0 Å². The minimum atomic E-state index is -1.07. The van der Waals surface area contributed by atoms with Crippen LogP contribution in [0.25, 0.3) is 0 Å². The number of rotatable bonds is 4. The standard InChI is InChI=1S/C12H13N3O3/c1-18-9-5-3-2-4-7(9)10(13)11-14-6-8(15-11)12(16)17/h2-6,10H,13H2,1H3,(H,14,15)(H,16,17). The van der Waals surface area contributed by atoms with Gasteiger partial charge in [-0.05, 0) is 6.07 Å². The average molecular weight is 247 g/mol. The van der Waals surface area contributed by atoms with Gasteiger partial charge in [0.15, 0.2) is 0 Å². The summed E-state index contributed by atoms with van der Waals surface area (Å²) in [6, 6.07) is 6.70. The molecule has 0 aliphatic rings. The number of hydrogen-bond acceptors (Lipinski definition) is 4. The highest BCUT2D eigenvalue weighted by molar-refractivity contribution is 5.85. The van der Waals surface area contributed by atoms with Crippen LogP contribution in [0.4, 0.5) is 0 Å². The number of ether oxygens (including phenoxy) is 1. The molecule has 0 aliphatic carbocycles. The number of carboxylic acid groups (broad SMARTS) is 1. The maximum atomic E-state index is 10.8. The molecule has 2 aromatic rings. The third kappa shape index (κ3) is 2.18. The minimum absolute atomic E-state index is 0.00958. The lowest BCUT2D eigenvalue weighted by Gasteiger charge is -2.13. The molecule has 1 aromatic carbocycles. The van der Waals surface area contributed by atoms with Crippen LogP contribution in [0, 0.1) is 0 Å². The Morgan fingerprint density at radius 3 is 2.83 bits per heavy atom. The van der Waals surface area contributed by atoms with Crippen molar-refractivity contribution in [1.29, 1.82) is 0 Å². The lowest BCUT2D eigenvalue weighted by Crippen LogP contribution is -2.15. The van der Waals surface area contributed by atoms with E-state index in [1.54, 1.807) is 13.2 Å². The number of carboxylic acids is 1. The Morgan fingerprint density at radius 1 is 1.50 bits per heavy atom. The van der Waals surface area contributed by atoms with Gasteiger partial charge >= 0.3 is 5.97 Å². The zero-order valence-corrected chi connectivity index (χ0v) is 9.75. The summed E-state index contributed by atoms with van der Waals surface area (Å²) in [5.74, 6) is -0.0452.